The van der Waals surface area contributed by atoms with E-state index in [1.54, 1.807) is 14.2 Å². The first-order valence-corrected chi connectivity index (χ1v) is 9.22. The molecule has 1 aliphatic heterocycles. The van der Waals surface area contributed by atoms with E-state index in [0.717, 1.165) is 41.3 Å². The van der Waals surface area contributed by atoms with Gasteiger partial charge in [-0.25, -0.2) is 0 Å². The molecule has 0 radical (unpaired) electrons. The van der Waals surface area contributed by atoms with E-state index >= 15 is 0 Å². The summed E-state index contributed by atoms with van der Waals surface area (Å²) in [5.41, 5.74) is 4.57. The molecule has 116 valence electrons. The minimum absolute atomic E-state index is 0.747. The first-order valence-electron chi connectivity index (χ1n) is 7.06. The van der Waals surface area contributed by atoms with Crippen molar-refractivity contribution >= 4 is 28.3 Å². The zero-order chi connectivity index (χ0) is 15.9. The molecule has 4 heteroatoms. The quantitative estimate of drug-likeness (QED) is 0.564. The maximum atomic E-state index is 5.41. The lowest BCUT2D eigenvalue weighted by Crippen LogP contribution is -2.14. The lowest BCUT2D eigenvalue weighted by atomic mass is 9.93. The van der Waals surface area contributed by atoms with Crippen LogP contribution in [0, 0.1) is 0 Å². The molecule has 0 atom stereocenters. The van der Waals surface area contributed by atoms with Gasteiger partial charge >= 0.3 is 0 Å². The molecular weight excluding hydrogens is 389 g/mol. The van der Waals surface area contributed by atoms with E-state index in [9.17, 15) is 0 Å². The largest absolute Gasteiger partial charge is 0.493 e. The number of aliphatic imine (C=N–C) groups is 1. The molecule has 3 nitrogen and oxygen atoms in total. The third-order valence-electron chi connectivity index (χ3n) is 3.56. The van der Waals surface area contributed by atoms with Crippen molar-refractivity contribution < 1.29 is 9.47 Å². The molecule has 0 amide bonds. The number of alkyl halides is 1. The van der Waals surface area contributed by atoms with Gasteiger partial charge in [-0.1, -0.05) is 52.9 Å². The molecule has 0 saturated heterocycles. The standard InChI is InChI=1S/C17H17NO2.CH3I/c1-19-15-10-13-8-9-18-17(12-6-4-3-5-7-12)14(13)11-16(15)20-2;1-2/h3-7,10-11H,8-9H2,1-2H3;1H3. The van der Waals surface area contributed by atoms with Crippen molar-refractivity contribution in [3.63, 3.8) is 0 Å². The van der Waals surface area contributed by atoms with Gasteiger partial charge in [-0.3, -0.25) is 4.99 Å². The number of halogens is 1. The predicted molar refractivity (Wildman–Crippen MR) is 100 cm³/mol. The lowest BCUT2D eigenvalue weighted by molar-refractivity contribution is 0.354. The van der Waals surface area contributed by atoms with Crippen molar-refractivity contribution in [3.05, 3.63) is 59.2 Å². The fraction of sp³-hybridized carbons (Fsp3) is 0.278. The summed E-state index contributed by atoms with van der Waals surface area (Å²) < 4.78 is 10.8. The number of benzene rings is 2. The van der Waals surface area contributed by atoms with Crippen LogP contribution < -0.4 is 9.47 Å². The third-order valence-corrected chi connectivity index (χ3v) is 3.56. The van der Waals surface area contributed by atoms with E-state index < -0.39 is 0 Å². The number of hydrogen-bond acceptors (Lipinski definition) is 3. The van der Waals surface area contributed by atoms with Crippen molar-refractivity contribution in [1.29, 1.82) is 0 Å². The van der Waals surface area contributed by atoms with Crippen LogP contribution in [-0.2, 0) is 6.42 Å². The molecule has 0 fully saturated rings. The molecule has 2 aromatic carbocycles. The number of rotatable bonds is 3. The van der Waals surface area contributed by atoms with Crippen LogP contribution in [0.3, 0.4) is 0 Å². The molecule has 1 heterocycles. The van der Waals surface area contributed by atoms with Crippen molar-refractivity contribution in [1.82, 2.24) is 0 Å². The van der Waals surface area contributed by atoms with Gasteiger partial charge in [0.1, 0.15) is 0 Å². The lowest BCUT2D eigenvalue weighted by Gasteiger charge is -2.20. The Balaban J connectivity index is 0.000000847. The molecular formula is C18H20INO2. The maximum absolute atomic E-state index is 5.41. The van der Waals surface area contributed by atoms with Crippen LogP contribution in [0.5, 0.6) is 11.5 Å². The Labute approximate surface area is 145 Å². The van der Waals surface area contributed by atoms with Crippen LogP contribution in [-0.4, -0.2) is 31.4 Å². The smallest absolute Gasteiger partial charge is 0.161 e. The normalized spacial score (nSPS) is 12.5. The molecule has 0 saturated carbocycles. The van der Waals surface area contributed by atoms with Crippen molar-refractivity contribution in [2.45, 2.75) is 6.42 Å². The summed E-state index contributed by atoms with van der Waals surface area (Å²) in [5.74, 6) is 1.53. The van der Waals surface area contributed by atoms with Crippen LogP contribution in [0.15, 0.2) is 47.5 Å². The van der Waals surface area contributed by atoms with Gasteiger partial charge in [0.05, 0.1) is 19.9 Å². The minimum atomic E-state index is 0.747. The van der Waals surface area contributed by atoms with E-state index in [4.69, 9.17) is 14.5 Å². The summed E-state index contributed by atoms with van der Waals surface area (Å²) in [4.78, 5) is 6.66. The molecule has 0 bridgehead atoms. The van der Waals surface area contributed by atoms with E-state index in [-0.39, 0.29) is 0 Å². The number of fused-ring (bicyclic) bond motifs is 1. The van der Waals surface area contributed by atoms with Gasteiger partial charge < -0.3 is 9.47 Å². The first-order chi connectivity index (χ1) is 10.8. The van der Waals surface area contributed by atoms with Gasteiger partial charge in [0.25, 0.3) is 0 Å². The molecule has 2 aromatic rings. The summed E-state index contributed by atoms with van der Waals surface area (Å²) in [6.45, 7) is 0.812. The number of nitrogens with zero attached hydrogens (tertiary/aromatic N) is 1. The highest BCUT2D eigenvalue weighted by Gasteiger charge is 2.19. The summed E-state index contributed by atoms with van der Waals surface area (Å²) >= 11 is 2.15. The Morgan fingerprint density at radius 2 is 1.59 bits per heavy atom. The molecule has 0 N–H and O–H groups in total. The van der Waals surface area contributed by atoms with Crippen LogP contribution in [0.1, 0.15) is 16.7 Å². The highest BCUT2D eigenvalue weighted by atomic mass is 127. The van der Waals surface area contributed by atoms with Crippen molar-refractivity contribution in [2.75, 3.05) is 25.7 Å². The van der Waals surface area contributed by atoms with Crippen LogP contribution in [0.2, 0.25) is 0 Å². The average Bonchev–Trinajstić information content (AvgIpc) is 2.62. The molecule has 0 unspecified atom stereocenters. The molecule has 0 aliphatic carbocycles. The van der Waals surface area contributed by atoms with Crippen LogP contribution in [0.4, 0.5) is 0 Å². The number of hydrogen-bond donors (Lipinski definition) is 0. The first kappa shape index (κ1) is 16.8. The topological polar surface area (TPSA) is 30.8 Å². The fourth-order valence-corrected chi connectivity index (χ4v) is 2.56. The summed E-state index contributed by atoms with van der Waals surface area (Å²) in [5, 5.41) is 0. The predicted octanol–water partition coefficient (Wildman–Crippen LogP) is 4.15. The Bertz CT molecular complexity index is 654. The monoisotopic (exact) mass is 409 g/mol. The van der Waals surface area contributed by atoms with Crippen molar-refractivity contribution in [2.24, 2.45) is 4.99 Å². The highest BCUT2D eigenvalue weighted by molar-refractivity contribution is 14.1. The molecule has 22 heavy (non-hydrogen) atoms. The van der Waals surface area contributed by atoms with Gasteiger partial charge in [0.15, 0.2) is 11.5 Å². The second-order valence-corrected chi connectivity index (χ2v) is 4.71. The Hall–Kier alpha value is -1.56. The molecule has 1 aliphatic rings. The SMILES string of the molecule is CI.COc1cc2c(cc1OC)C(c1ccccc1)=NCC2. The molecule has 0 spiro atoms. The van der Waals surface area contributed by atoms with Crippen LogP contribution in [0.25, 0.3) is 0 Å². The van der Waals surface area contributed by atoms with Crippen LogP contribution >= 0.6 is 22.6 Å². The molecule has 3 rings (SSSR count). The zero-order valence-corrected chi connectivity index (χ0v) is 15.3. The summed E-state index contributed by atoms with van der Waals surface area (Å²) in [6.07, 6.45) is 0.937. The van der Waals surface area contributed by atoms with E-state index in [1.807, 2.05) is 29.2 Å². The minimum Gasteiger partial charge on any atom is -0.493 e. The number of ether oxygens (including phenoxy) is 2. The zero-order valence-electron chi connectivity index (χ0n) is 13.1. The van der Waals surface area contributed by atoms with Gasteiger partial charge in [-0.2, -0.15) is 0 Å². The van der Waals surface area contributed by atoms with Gasteiger partial charge in [-0.05, 0) is 29.0 Å². The maximum Gasteiger partial charge on any atom is 0.161 e. The van der Waals surface area contributed by atoms with E-state index in [2.05, 4.69) is 40.8 Å². The second kappa shape index (κ2) is 8.17. The highest BCUT2D eigenvalue weighted by Crippen LogP contribution is 2.33. The Morgan fingerprint density at radius 1 is 0.955 bits per heavy atom. The number of methoxy groups -OCH3 is 2. The average molecular weight is 409 g/mol. The Kier molecular flexibility index (Phi) is 6.24. The third kappa shape index (κ3) is 3.43. The van der Waals surface area contributed by atoms with Gasteiger partial charge in [0, 0.05) is 17.7 Å². The van der Waals surface area contributed by atoms with E-state index in [0.29, 0.717) is 0 Å². The van der Waals surface area contributed by atoms with Gasteiger partial charge in [0.2, 0.25) is 0 Å². The Morgan fingerprint density at radius 3 is 2.23 bits per heavy atom. The van der Waals surface area contributed by atoms with E-state index in [1.165, 1.54) is 5.56 Å². The summed E-state index contributed by atoms with van der Waals surface area (Å²) in [6, 6.07) is 14.3. The van der Waals surface area contributed by atoms with Gasteiger partial charge in [-0.15, -0.1) is 0 Å². The van der Waals surface area contributed by atoms with Crippen molar-refractivity contribution in [3.8, 4) is 11.5 Å². The second-order valence-electron chi connectivity index (χ2n) is 4.71. The summed E-state index contributed by atoms with van der Waals surface area (Å²) in [7, 11) is 3.33. The molecule has 0 aromatic heterocycles. The fourth-order valence-electron chi connectivity index (χ4n) is 2.56.